The number of halogens is 1. The van der Waals surface area contributed by atoms with E-state index in [1.54, 1.807) is 0 Å². The van der Waals surface area contributed by atoms with Crippen LogP contribution in [-0.2, 0) is 11.3 Å². The smallest absolute Gasteiger partial charge is 0.234 e. The minimum atomic E-state index is -0.0766. The van der Waals surface area contributed by atoms with E-state index < -0.39 is 0 Å². The highest BCUT2D eigenvalue weighted by Gasteiger charge is 2.17. The molecular formula is C24H21BrN4OS. The summed E-state index contributed by atoms with van der Waals surface area (Å²) >= 11 is 5.00. The van der Waals surface area contributed by atoms with E-state index >= 15 is 0 Å². The van der Waals surface area contributed by atoms with Crippen LogP contribution in [0.15, 0.2) is 88.5 Å². The molecule has 1 N–H and O–H groups in total. The number of carbonyl (C=O) groups is 1. The summed E-state index contributed by atoms with van der Waals surface area (Å²) in [5, 5.41) is 12.5. The maximum atomic E-state index is 12.5. The number of amides is 1. The van der Waals surface area contributed by atoms with Crippen molar-refractivity contribution < 1.29 is 4.79 Å². The Balaban J connectivity index is 1.57. The largest absolute Gasteiger partial charge is 0.325 e. The number of aryl methyl sites for hydroxylation is 1. The van der Waals surface area contributed by atoms with Gasteiger partial charge in [-0.25, -0.2) is 0 Å². The molecule has 3 aromatic carbocycles. The van der Waals surface area contributed by atoms with Crippen molar-refractivity contribution in [3.05, 3.63) is 94.5 Å². The van der Waals surface area contributed by atoms with Crippen molar-refractivity contribution in [2.45, 2.75) is 18.6 Å². The second kappa shape index (κ2) is 9.94. The molecule has 31 heavy (non-hydrogen) atoms. The van der Waals surface area contributed by atoms with Gasteiger partial charge < -0.3 is 5.32 Å². The van der Waals surface area contributed by atoms with Crippen molar-refractivity contribution >= 4 is 39.3 Å². The van der Waals surface area contributed by atoms with Crippen LogP contribution < -0.4 is 5.32 Å². The highest BCUT2D eigenvalue weighted by atomic mass is 79.9. The van der Waals surface area contributed by atoms with Gasteiger partial charge in [0.25, 0.3) is 0 Å². The highest BCUT2D eigenvalue weighted by molar-refractivity contribution is 9.10. The number of nitrogens with one attached hydrogen (secondary N) is 1. The molecule has 0 spiro atoms. The summed E-state index contributed by atoms with van der Waals surface area (Å²) in [4.78, 5) is 12.5. The van der Waals surface area contributed by atoms with Gasteiger partial charge in [0, 0.05) is 15.7 Å². The Labute approximate surface area is 194 Å². The first-order chi connectivity index (χ1) is 15.1. The topological polar surface area (TPSA) is 59.8 Å². The molecule has 0 bridgehead atoms. The van der Waals surface area contributed by atoms with Crippen molar-refractivity contribution in [3.63, 3.8) is 0 Å². The van der Waals surface area contributed by atoms with Crippen LogP contribution in [0.2, 0.25) is 0 Å². The quantitative estimate of drug-likeness (QED) is 0.331. The summed E-state index contributed by atoms with van der Waals surface area (Å²) in [6, 6.07) is 25.9. The molecular weight excluding hydrogens is 472 g/mol. The first kappa shape index (κ1) is 21.3. The number of rotatable bonds is 7. The van der Waals surface area contributed by atoms with E-state index in [-0.39, 0.29) is 11.7 Å². The Morgan fingerprint density at radius 1 is 1.00 bits per heavy atom. The van der Waals surface area contributed by atoms with E-state index in [1.165, 1.54) is 11.8 Å². The molecule has 1 aromatic heterocycles. The van der Waals surface area contributed by atoms with Crippen LogP contribution in [0, 0.1) is 6.92 Å². The molecule has 0 aliphatic heterocycles. The SMILES string of the molecule is Cc1cccc(NC(=O)CSc2nnc(-c3ccccc3Br)n2Cc2ccccc2)c1. The normalized spacial score (nSPS) is 10.8. The van der Waals surface area contributed by atoms with Crippen LogP contribution in [0.1, 0.15) is 11.1 Å². The Morgan fingerprint density at radius 2 is 1.77 bits per heavy atom. The summed E-state index contributed by atoms with van der Waals surface area (Å²) in [6.45, 7) is 2.62. The molecule has 4 rings (SSSR count). The van der Waals surface area contributed by atoms with E-state index in [0.29, 0.717) is 11.7 Å². The number of nitrogens with zero attached hydrogens (tertiary/aromatic N) is 3. The van der Waals surface area contributed by atoms with E-state index in [0.717, 1.165) is 32.7 Å². The predicted octanol–water partition coefficient (Wildman–Crippen LogP) is 5.80. The second-order valence-electron chi connectivity index (χ2n) is 7.06. The highest BCUT2D eigenvalue weighted by Crippen LogP contribution is 2.30. The van der Waals surface area contributed by atoms with Gasteiger partial charge >= 0.3 is 0 Å². The van der Waals surface area contributed by atoms with Crippen molar-refractivity contribution in [1.29, 1.82) is 0 Å². The molecule has 0 aliphatic rings. The number of carbonyl (C=O) groups excluding carboxylic acids is 1. The molecule has 0 atom stereocenters. The van der Waals surface area contributed by atoms with E-state index in [4.69, 9.17) is 0 Å². The lowest BCUT2D eigenvalue weighted by Crippen LogP contribution is -2.15. The van der Waals surface area contributed by atoms with Crippen LogP contribution in [-0.4, -0.2) is 26.4 Å². The van der Waals surface area contributed by atoms with Gasteiger partial charge in [-0.15, -0.1) is 10.2 Å². The zero-order chi connectivity index (χ0) is 21.6. The molecule has 0 saturated heterocycles. The first-order valence-corrected chi connectivity index (χ1v) is 11.6. The van der Waals surface area contributed by atoms with Crippen LogP contribution in [0.4, 0.5) is 5.69 Å². The molecule has 0 aliphatic carbocycles. The van der Waals surface area contributed by atoms with Crippen LogP contribution in [0.25, 0.3) is 11.4 Å². The van der Waals surface area contributed by atoms with Crippen LogP contribution in [0.5, 0.6) is 0 Å². The number of hydrogen-bond acceptors (Lipinski definition) is 4. The van der Waals surface area contributed by atoms with Crippen molar-refractivity contribution in [1.82, 2.24) is 14.8 Å². The minimum Gasteiger partial charge on any atom is -0.325 e. The molecule has 1 amide bonds. The summed E-state index contributed by atoms with van der Waals surface area (Å²) < 4.78 is 3.01. The second-order valence-corrected chi connectivity index (χ2v) is 8.86. The van der Waals surface area contributed by atoms with E-state index in [2.05, 4.69) is 48.1 Å². The third-order valence-corrected chi connectivity index (χ3v) is 6.31. The standard InChI is InChI=1S/C24H21BrN4OS/c1-17-8-7-11-19(14-17)26-22(30)16-31-24-28-27-23(20-12-5-6-13-21(20)25)29(24)15-18-9-3-2-4-10-18/h2-14H,15-16H2,1H3,(H,26,30). The fourth-order valence-corrected chi connectivity index (χ4v) is 4.40. The zero-order valence-electron chi connectivity index (χ0n) is 17.0. The number of benzene rings is 3. The molecule has 0 saturated carbocycles. The predicted molar refractivity (Wildman–Crippen MR) is 129 cm³/mol. The molecule has 5 nitrogen and oxygen atoms in total. The fourth-order valence-electron chi connectivity index (χ4n) is 3.20. The molecule has 4 aromatic rings. The van der Waals surface area contributed by atoms with E-state index in [1.807, 2.05) is 73.7 Å². The number of hydrogen-bond donors (Lipinski definition) is 1. The molecule has 156 valence electrons. The lowest BCUT2D eigenvalue weighted by molar-refractivity contribution is -0.113. The Morgan fingerprint density at radius 3 is 2.55 bits per heavy atom. The third-order valence-electron chi connectivity index (χ3n) is 4.65. The average Bonchev–Trinajstić information content (AvgIpc) is 3.15. The number of anilines is 1. The summed E-state index contributed by atoms with van der Waals surface area (Å²) in [5.74, 6) is 0.932. The molecule has 7 heteroatoms. The third kappa shape index (κ3) is 5.42. The first-order valence-electron chi connectivity index (χ1n) is 9.81. The number of thioether (sulfide) groups is 1. The lowest BCUT2D eigenvalue weighted by Gasteiger charge is -2.11. The van der Waals surface area contributed by atoms with Gasteiger partial charge in [0.2, 0.25) is 5.91 Å². The maximum absolute atomic E-state index is 12.5. The summed E-state index contributed by atoms with van der Waals surface area (Å²) in [5.41, 5.74) is 4.00. The van der Waals surface area contributed by atoms with E-state index in [9.17, 15) is 4.79 Å². The van der Waals surface area contributed by atoms with Gasteiger partial charge in [-0.3, -0.25) is 9.36 Å². The molecule has 0 fully saturated rings. The summed E-state index contributed by atoms with van der Waals surface area (Å²) in [7, 11) is 0. The van der Waals surface area contributed by atoms with Crippen molar-refractivity contribution in [3.8, 4) is 11.4 Å². The Hall–Kier alpha value is -2.90. The van der Waals surface area contributed by atoms with Crippen molar-refractivity contribution in [2.24, 2.45) is 0 Å². The fraction of sp³-hybridized carbons (Fsp3) is 0.125. The van der Waals surface area contributed by atoms with Gasteiger partial charge in [0.05, 0.1) is 12.3 Å². The number of aromatic nitrogens is 3. The molecule has 0 radical (unpaired) electrons. The van der Waals surface area contributed by atoms with Gasteiger partial charge in [-0.05, 0) is 36.2 Å². The molecule has 1 heterocycles. The average molecular weight is 493 g/mol. The van der Waals surface area contributed by atoms with Crippen LogP contribution in [0.3, 0.4) is 0 Å². The van der Waals surface area contributed by atoms with Gasteiger partial charge in [0.1, 0.15) is 0 Å². The van der Waals surface area contributed by atoms with Gasteiger partial charge in [-0.2, -0.15) is 0 Å². The van der Waals surface area contributed by atoms with Crippen LogP contribution >= 0.6 is 27.7 Å². The van der Waals surface area contributed by atoms with Crippen molar-refractivity contribution in [2.75, 3.05) is 11.1 Å². The maximum Gasteiger partial charge on any atom is 0.234 e. The Kier molecular flexibility index (Phi) is 6.84. The lowest BCUT2D eigenvalue weighted by atomic mass is 10.2. The monoisotopic (exact) mass is 492 g/mol. The summed E-state index contributed by atoms with van der Waals surface area (Å²) in [6.07, 6.45) is 0. The molecule has 0 unspecified atom stereocenters. The minimum absolute atomic E-state index is 0.0766. The Bertz CT molecular complexity index is 1190. The van der Waals surface area contributed by atoms with Gasteiger partial charge in [-0.1, -0.05) is 88.4 Å². The van der Waals surface area contributed by atoms with Gasteiger partial charge in [0.15, 0.2) is 11.0 Å². The zero-order valence-corrected chi connectivity index (χ0v) is 19.4.